The summed E-state index contributed by atoms with van der Waals surface area (Å²) >= 11 is 0. The second-order valence-corrected chi connectivity index (χ2v) is 18.8. The van der Waals surface area contributed by atoms with E-state index in [0.29, 0.717) is 6.42 Å². The zero-order valence-corrected chi connectivity index (χ0v) is 41.1. The SMILES string of the molecule is CCCCCCCCCCC/C=C/C(O)C(CO)NC(=O)CC(O)CCCCCCCCCCCCCCCCC/C=C\C/C=C\CCCCCCCCCCCCCCC. The standard InChI is InChI=1S/C56H107NO4/c1-3-5-7-9-11-13-15-16-17-18-19-20-21-22-23-24-25-26-27-28-29-30-31-32-33-34-35-36-37-38-40-41-43-45-47-49-53(59)51-56(61)57-54(52-58)55(60)50-48-46-44-42-39-14-12-10-8-6-4-2/h23-24,26-27,48,50,53-55,58-60H,3-22,25,28-47,49,51-52H2,1-2H3,(H,57,61)/b24-23-,27-26-,50-48+. The smallest absolute Gasteiger partial charge is 0.222 e. The lowest BCUT2D eigenvalue weighted by Gasteiger charge is -2.21. The number of allylic oxidation sites excluding steroid dienone is 5. The molecule has 0 rings (SSSR count). The average Bonchev–Trinajstić information content (AvgIpc) is 3.25. The highest BCUT2D eigenvalue weighted by molar-refractivity contribution is 5.76. The van der Waals surface area contributed by atoms with Crippen molar-refractivity contribution in [1.82, 2.24) is 5.32 Å². The predicted octanol–water partition coefficient (Wildman–Crippen LogP) is 16.7. The molecule has 0 aromatic rings. The molecule has 0 aliphatic heterocycles. The molecular formula is C56H107NO4. The van der Waals surface area contributed by atoms with Gasteiger partial charge >= 0.3 is 0 Å². The fourth-order valence-electron chi connectivity index (χ4n) is 8.49. The Kier molecular flexibility index (Phi) is 50.0. The van der Waals surface area contributed by atoms with Crippen molar-refractivity contribution in [2.75, 3.05) is 6.61 Å². The number of carbonyl (C=O) groups excluding carboxylic acids is 1. The van der Waals surface area contributed by atoms with Crippen LogP contribution in [0.15, 0.2) is 36.5 Å². The fourth-order valence-corrected chi connectivity index (χ4v) is 8.49. The Labute approximate surface area is 381 Å². The van der Waals surface area contributed by atoms with Gasteiger partial charge in [-0.25, -0.2) is 0 Å². The van der Waals surface area contributed by atoms with Crippen molar-refractivity contribution in [2.45, 2.75) is 308 Å². The molecule has 3 unspecified atom stereocenters. The van der Waals surface area contributed by atoms with Crippen LogP contribution in [-0.2, 0) is 4.79 Å². The first-order valence-electron chi connectivity index (χ1n) is 27.3. The molecule has 0 saturated carbocycles. The Morgan fingerprint density at radius 2 is 0.738 bits per heavy atom. The maximum absolute atomic E-state index is 12.5. The molecule has 0 aliphatic carbocycles. The van der Waals surface area contributed by atoms with Gasteiger partial charge in [0.05, 0.1) is 31.3 Å². The molecule has 5 nitrogen and oxygen atoms in total. The minimum absolute atomic E-state index is 0.0147. The molecule has 360 valence electrons. The highest BCUT2D eigenvalue weighted by atomic mass is 16.3. The molecule has 0 aromatic heterocycles. The number of nitrogens with one attached hydrogen (secondary N) is 1. The minimum atomic E-state index is -0.927. The highest BCUT2D eigenvalue weighted by Gasteiger charge is 2.20. The predicted molar refractivity (Wildman–Crippen MR) is 268 cm³/mol. The van der Waals surface area contributed by atoms with E-state index in [-0.39, 0.29) is 18.9 Å². The summed E-state index contributed by atoms with van der Waals surface area (Å²) < 4.78 is 0. The van der Waals surface area contributed by atoms with Gasteiger partial charge in [0.2, 0.25) is 5.91 Å². The Morgan fingerprint density at radius 3 is 1.08 bits per heavy atom. The van der Waals surface area contributed by atoms with Crippen LogP contribution in [-0.4, -0.2) is 46.1 Å². The quantitative estimate of drug-likeness (QED) is 0.0362. The summed E-state index contributed by atoms with van der Waals surface area (Å²) in [7, 11) is 0. The third-order valence-corrected chi connectivity index (χ3v) is 12.7. The molecule has 5 heteroatoms. The maximum Gasteiger partial charge on any atom is 0.222 e. The number of unbranched alkanes of at least 4 members (excludes halogenated alkanes) is 37. The van der Waals surface area contributed by atoms with Gasteiger partial charge < -0.3 is 20.6 Å². The van der Waals surface area contributed by atoms with Crippen molar-refractivity contribution >= 4 is 5.91 Å². The number of hydrogen-bond donors (Lipinski definition) is 4. The summed E-state index contributed by atoms with van der Waals surface area (Å²) in [4.78, 5) is 12.5. The van der Waals surface area contributed by atoms with E-state index in [1.807, 2.05) is 6.08 Å². The van der Waals surface area contributed by atoms with Gasteiger partial charge in [0.1, 0.15) is 0 Å². The van der Waals surface area contributed by atoms with Crippen LogP contribution in [0.2, 0.25) is 0 Å². The lowest BCUT2D eigenvalue weighted by Crippen LogP contribution is -2.45. The second kappa shape index (κ2) is 51.2. The monoisotopic (exact) mass is 858 g/mol. The van der Waals surface area contributed by atoms with Crippen LogP contribution >= 0.6 is 0 Å². The van der Waals surface area contributed by atoms with E-state index in [9.17, 15) is 20.1 Å². The second-order valence-electron chi connectivity index (χ2n) is 18.8. The fraction of sp³-hybridized carbons (Fsp3) is 0.875. The van der Waals surface area contributed by atoms with Crippen LogP contribution in [0.3, 0.4) is 0 Å². The zero-order chi connectivity index (χ0) is 44.4. The Hall–Kier alpha value is -1.43. The molecule has 0 aromatic carbocycles. The number of rotatable bonds is 50. The van der Waals surface area contributed by atoms with Crippen LogP contribution in [0.1, 0.15) is 290 Å². The van der Waals surface area contributed by atoms with Crippen LogP contribution in [0.5, 0.6) is 0 Å². The number of aliphatic hydroxyl groups is 3. The molecule has 61 heavy (non-hydrogen) atoms. The van der Waals surface area contributed by atoms with Crippen molar-refractivity contribution in [3.05, 3.63) is 36.5 Å². The van der Waals surface area contributed by atoms with Crippen LogP contribution in [0.4, 0.5) is 0 Å². The Morgan fingerprint density at radius 1 is 0.426 bits per heavy atom. The first-order valence-corrected chi connectivity index (χ1v) is 27.3. The van der Waals surface area contributed by atoms with Gasteiger partial charge in [-0.05, 0) is 51.4 Å². The van der Waals surface area contributed by atoms with E-state index in [0.717, 1.165) is 32.1 Å². The van der Waals surface area contributed by atoms with Crippen molar-refractivity contribution in [1.29, 1.82) is 0 Å². The molecule has 0 fully saturated rings. The van der Waals surface area contributed by atoms with E-state index < -0.39 is 18.2 Å². The van der Waals surface area contributed by atoms with Gasteiger partial charge in [-0.1, -0.05) is 269 Å². The number of hydrogen-bond acceptors (Lipinski definition) is 4. The van der Waals surface area contributed by atoms with E-state index in [1.54, 1.807) is 6.08 Å². The van der Waals surface area contributed by atoms with Gasteiger partial charge in [-0.3, -0.25) is 4.79 Å². The first-order chi connectivity index (χ1) is 30.0. The molecule has 0 heterocycles. The molecule has 0 spiro atoms. The summed E-state index contributed by atoms with van der Waals surface area (Å²) in [5, 5.41) is 33.2. The van der Waals surface area contributed by atoms with Crippen LogP contribution < -0.4 is 5.32 Å². The molecule has 0 radical (unpaired) electrons. The van der Waals surface area contributed by atoms with Gasteiger partial charge in [0.15, 0.2) is 0 Å². The summed E-state index contributed by atoms with van der Waals surface area (Å²) in [6.07, 6.45) is 66.3. The lowest BCUT2D eigenvalue weighted by molar-refractivity contribution is -0.124. The normalized spacial score (nSPS) is 13.6. The third kappa shape index (κ3) is 47.9. The average molecular weight is 858 g/mol. The van der Waals surface area contributed by atoms with Crippen molar-refractivity contribution in [2.24, 2.45) is 0 Å². The molecule has 0 bridgehead atoms. The summed E-state index contributed by atoms with van der Waals surface area (Å²) in [5.41, 5.74) is 0. The van der Waals surface area contributed by atoms with Crippen molar-refractivity contribution in [3.8, 4) is 0 Å². The number of amides is 1. The summed E-state index contributed by atoms with van der Waals surface area (Å²) in [6, 6.07) is -0.742. The molecule has 3 atom stereocenters. The number of carbonyl (C=O) groups is 1. The lowest BCUT2D eigenvalue weighted by atomic mass is 10.0. The van der Waals surface area contributed by atoms with E-state index in [4.69, 9.17) is 0 Å². The van der Waals surface area contributed by atoms with Gasteiger partial charge in [-0.15, -0.1) is 0 Å². The largest absolute Gasteiger partial charge is 0.394 e. The van der Waals surface area contributed by atoms with Crippen LogP contribution in [0.25, 0.3) is 0 Å². The molecular weight excluding hydrogens is 751 g/mol. The maximum atomic E-state index is 12.5. The topological polar surface area (TPSA) is 89.8 Å². The summed E-state index contributed by atoms with van der Waals surface area (Å²) in [5.74, 6) is -0.315. The van der Waals surface area contributed by atoms with Gasteiger partial charge in [-0.2, -0.15) is 0 Å². The first kappa shape index (κ1) is 59.6. The number of aliphatic hydroxyl groups excluding tert-OH is 3. The minimum Gasteiger partial charge on any atom is -0.394 e. The molecule has 1 amide bonds. The Bertz CT molecular complexity index is 947. The molecule has 4 N–H and O–H groups in total. The van der Waals surface area contributed by atoms with Crippen LogP contribution in [0, 0.1) is 0 Å². The van der Waals surface area contributed by atoms with E-state index >= 15 is 0 Å². The Balaban J connectivity index is 3.48. The molecule has 0 aliphatic rings. The highest BCUT2D eigenvalue weighted by Crippen LogP contribution is 2.17. The van der Waals surface area contributed by atoms with Gasteiger partial charge in [0, 0.05) is 0 Å². The third-order valence-electron chi connectivity index (χ3n) is 12.7. The van der Waals surface area contributed by atoms with E-state index in [1.165, 1.54) is 231 Å². The van der Waals surface area contributed by atoms with Crippen molar-refractivity contribution < 1.29 is 20.1 Å². The van der Waals surface area contributed by atoms with Gasteiger partial charge in [0.25, 0.3) is 0 Å². The molecule has 0 saturated heterocycles. The van der Waals surface area contributed by atoms with E-state index in [2.05, 4.69) is 43.5 Å². The van der Waals surface area contributed by atoms with Crippen molar-refractivity contribution in [3.63, 3.8) is 0 Å². The summed E-state index contributed by atoms with van der Waals surface area (Å²) in [6.45, 7) is 4.21. The zero-order valence-electron chi connectivity index (χ0n) is 41.1.